The van der Waals surface area contributed by atoms with Gasteiger partial charge in [0.15, 0.2) is 0 Å². The van der Waals surface area contributed by atoms with Crippen molar-refractivity contribution < 1.29 is 14.7 Å². The van der Waals surface area contributed by atoms with E-state index in [9.17, 15) is 14.7 Å². The largest absolute Gasteiger partial charge is 0.481 e. The third-order valence-corrected chi connectivity index (χ3v) is 3.98. The highest BCUT2D eigenvalue weighted by molar-refractivity contribution is 5.89. The Morgan fingerprint density at radius 2 is 2.00 bits per heavy atom. The third kappa shape index (κ3) is 3.93. The number of urea groups is 1. The van der Waals surface area contributed by atoms with Crippen LogP contribution in [0.2, 0.25) is 0 Å². The molecule has 1 aliphatic rings. The van der Waals surface area contributed by atoms with Crippen LogP contribution in [0, 0.1) is 12.3 Å². The molecule has 0 aromatic carbocycles. The number of carboxylic acid groups (broad SMARTS) is 1. The zero-order valence-electron chi connectivity index (χ0n) is 12.2. The highest BCUT2D eigenvalue weighted by atomic mass is 16.4. The Hall–Kier alpha value is -2.11. The Kier molecular flexibility index (Phi) is 4.77. The lowest BCUT2D eigenvalue weighted by Crippen LogP contribution is -2.45. The van der Waals surface area contributed by atoms with Gasteiger partial charge in [-0.25, -0.2) is 4.79 Å². The number of aliphatic carboxylic acids is 1. The molecule has 2 rings (SSSR count). The first-order chi connectivity index (χ1) is 10.0. The van der Waals surface area contributed by atoms with Gasteiger partial charge in [-0.15, -0.1) is 0 Å². The molecule has 0 bridgehead atoms. The minimum atomic E-state index is -0.820. The second kappa shape index (κ2) is 6.56. The number of nitrogens with one attached hydrogen (secondary N) is 2. The highest BCUT2D eigenvalue weighted by Gasteiger charge is 2.39. The number of carbonyl (C=O) groups excluding carboxylic acids is 1. The average molecular weight is 291 g/mol. The molecule has 2 amide bonds. The van der Waals surface area contributed by atoms with Crippen LogP contribution in [-0.4, -0.2) is 28.6 Å². The van der Waals surface area contributed by atoms with E-state index < -0.39 is 17.4 Å². The van der Waals surface area contributed by atoms with Crippen molar-refractivity contribution in [1.82, 2.24) is 10.3 Å². The SMILES string of the molecule is Cc1cncc(NC(=O)NCC2(C(=O)O)CCCCC2)c1. The van der Waals surface area contributed by atoms with Gasteiger partial charge in [-0.1, -0.05) is 19.3 Å². The number of hydrogen-bond acceptors (Lipinski definition) is 3. The molecule has 1 saturated carbocycles. The maximum absolute atomic E-state index is 11.9. The molecule has 1 aromatic rings. The maximum atomic E-state index is 11.9. The first-order valence-corrected chi connectivity index (χ1v) is 7.22. The van der Waals surface area contributed by atoms with Gasteiger partial charge >= 0.3 is 12.0 Å². The standard InChI is InChI=1S/C15H21N3O3/c1-11-7-12(9-16-8-11)18-14(21)17-10-15(13(19)20)5-3-2-4-6-15/h7-9H,2-6,10H2,1H3,(H,19,20)(H2,17,18,21). The molecule has 6 nitrogen and oxygen atoms in total. The molecule has 0 atom stereocenters. The number of aryl methyl sites for hydroxylation is 1. The number of anilines is 1. The predicted octanol–water partition coefficient (Wildman–Crippen LogP) is 2.55. The van der Waals surface area contributed by atoms with Gasteiger partial charge in [-0.05, 0) is 31.4 Å². The Morgan fingerprint density at radius 3 is 2.62 bits per heavy atom. The lowest BCUT2D eigenvalue weighted by molar-refractivity contribution is -0.150. The van der Waals surface area contributed by atoms with Crippen molar-refractivity contribution in [2.24, 2.45) is 5.41 Å². The summed E-state index contributed by atoms with van der Waals surface area (Å²) in [5.74, 6) is -0.820. The van der Waals surface area contributed by atoms with E-state index in [1.165, 1.54) is 0 Å². The zero-order valence-corrected chi connectivity index (χ0v) is 12.2. The zero-order chi connectivity index (χ0) is 15.3. The monoisotopic (exact) mass is 291 g/mol. The summed E-state index contributed by atoms with van der Waals surface area (Å²) in [4.78, 5) is 27.4. The number of pyridine rings is 1. The fourth-order valence-corrected chi connectivity index (χ4v) is 2.74. The van der Waals surface area contributed by atoms with Gasteiger partial charge in [-0.2, -0.15) is 0 Å². The minimum absolute atomic E-state index is 0.160. The van der Waals surface area contributed by atoms with Crippen molar-refractivity contribution in [1.29, 1.82) is 0 Å². The van der Waals surface area contributed by atoms with Gasteiger partial charge in [0.2, 0.25) is 0 Å². The molecule has 0 aliphatic heterocycles. The van der Waals surface area contributed by atoms with Crippen molar-refractivity contribution in [2.45, 2.75) is 39.0 Å². The van der Waals surface area contributed by atoms with Crippen LogP contribution < -0.4 is 10.6 Å². The van der Waals surface area contributed by atoms with Gasteiger partial charge in [0, 0.05) is 12.7 Å². The van der Waals surface area contributed by atoms with Gasteiger partial charge in [0.1, 0.15) is 0 Å². The molecule has 0 unspecified atom stereocenters. The van der Waals surface area contributed by atoms with E-state index in [4.69, 9.17) is 0 Å². The first-order valence-electron chi connectivity index (χ1n) is 7.22. The lowest BCUT2D eigenvalue weighted by Gasteiger charge is -2.33. The molecule has 1 heterocycles. The molecule has 3 N–H and O–H groups in total. The molecule has 21 heavy (non-hydrogen) atoms. The third-order valence-electron chi connectivity index (χ3n) is 3.98. The van der Waals surface area contributed by atoms with E-state index >= 15 is 0 Å². The lowest BCUT2D eigenvalue weighted by atomic mass is 9.74. The number of carboxylic acids is 1. The van der Waals surface area contributed by atoms with E-state index in [2.05, 4.69) is 15.6 Å². The number of amides is 2. The molecule has 0 saturated heterocycles. The molecular formula is C15H21N3O3. The van der Waals surface area contributed by atoms with Crippen LogP contribution in [-0.2, 0) is 4.79 Å². The summed E-state index contributed by atoms with van der Waals surface area (Å²) in [5.41, 5.74) is 0.725. The number of aromatic nitrogens is 1. The normalized spacial score (nSPS) is 17.0. The van der Waals surface area contributed by atoms with Crippen LogP contribution in [0.4, 0.5) is 10.5 Å². The summed E-state index contributed by atoms with van der Waals surface area (Å²) in [7, 11) is 0. The van der Waals surface area contributed by atoms with Gasteiger partial charge < -0.3 is 15.7 Å². The second-order valence-corrected chi connectivity index (χ2v) is 5.70. The van der Waals surface area contributed by atoms with Crippen LogP contribution in [0.25, 0.3) is 0 Å². The first kappa shape index (κ1) is 15.3. The molecule has 0 spiro atoms. The smallest absolute Gasteiger partial charge is 0.319 e. The Balaban J connectivity index is 1.91. The molecule has 1 aromatic heterocycles. The van der Waals surface area contributed by atoms with Crippen molar-refractivity contribution >= 4 is 17.7 Å². The van der Waals surface area contributed by atoms with Crippen molar-refractivity contribution in [3.8, 4) is 0 Å². The number of carbonyl (C=O) groups is 2. The van der Waals surface area contributed by atoms with E-state index in [1.54, 1.807) is 18.5 Å². The number of rotatable bonds is 4. The summed E-state index contributed by atoms with van der Waals surface area (Å²) in [6.45, 7) is 2.05. The molecule has 114 valence electrons. The Bertz CT molecular complexity index is 525. The van der Waals surface area contributed by atoms with Crippen LogP contribution >= 0.6 is 0 Å². The molecule has 1 fully saturated rings. The van der Waals surface area contributed by atoms with Crippen molar-refractivity contribution in [2.75, 3.05) is 11.9 Å². The van der Waals surface area contributed by atoms with Crippen LogP contribution in [0.1, 0.15) is 37.7 Å². The molecule has 6 heteroatoms. The fourth-order valence-electron chi connectivity index (χ4n) is 2.74. The summed E-state index contributed by atoms with van der Waals surface area (Å²) in [6, 6.07) is 1.41. The molecular weight excluding hydrogens is 270 g/mol. The minimum Gasteiger partial charge on any atom is -0.481 e. The van der Waals surface area contributed by atoms with Crippen LogP contribution in [0.5, 0.6) is 0 Å². The molecule has 1 aliphatic carbocycles. The summed E-state index contributed by atoms with van der Waals surface area (Å²) < 4.78 is 0. The maximum Gasteiger partial charge on any atom is 0.319 e. The summed E-state index contributed by atoms with van der Waals surface area (Å²) in [5, 5.41) is 14.8. The van der Waals surface area contributed by atoms with Crippen LogP contribution in [0.3, 0.4) is 0 Å². The average Bonchev–Trinajstić information content (AvgIpc) is 2.46. The van der Waals surface area contributed by atoms with Crippen molar-refractivity contribution in [3.05, 3.63) is 24.0 Å². The quantitative estimate of drug-likeness (QED) is 0.795. The summed E-state index contributed by atoms with van der Waals surface area (Å²) in [6.07, 6.45) is 7.36. The molecule has 0 radical (unpaired) electrons. The number of hydrogen-bond donors (Lipinski definition) is 3. The summed E-state index contributed by atoms with van der Waals surface area (Å²) >= 11 is 0. The van der Waals surface area contributed by atoms with Crippen LogP contribution in [0.15, 0.2) is 18.5 Å². The van der Waals surface area contributed by atoms with E-state index in [0.717, 1.165) is 24.8 Å². The van der Waals surface area contributed by atoms with E-state index in [-0.39, 0.29) is 6.54 Å². The predicted molar refractivity (Wildman–Crippen MR) is 79.1 cm³/mol. The number of nitrogens with zero attached hydrogens (tertiary/aromatic N) is 1. The van der Waals surface area contributed by atoms with E-state index in [0.29, 0.717) is 18.5 Å². The van der Waals surface area contributed by atoms with Gasteiger partial charge in [-0.3, -0.25) is 9.78 Å². The Morgan fingerprint density at radius 1 is 1.29 bits per heavy atom. The second-order valence-electron chi connectivity index (χ2n) is 5.70. The van der Waals surface area contributed by atoms with E-state index in [1.807, 2.05) is 6.92 Å². The van der Waals surface area contributed by atoms with Gasteiger partial charge in [0.05, 0.1) is 17.3 Å². The van der Waals surface area contributed by atoms with Crippen molar-refractivity contribution in [3.63, 3.8) is 0 Å². The van der Waals surface area contributed by atoms with Gasteiger partial charge in [0.25, 0.3) is 0 Å². The topological polar surface area (TPSA) is 91.3 Å². The highest BCUT2D eigenvalue weighted by Crippen LogP contribution is 2.35. The Labute approximate surface area is 124 Å². The fraction of sp³-hybridized carbons (Fsp3) is 0.533.